The van der Waals surface area contributed by atoms with E-state index in [-0.39, 0.29) is 11.9 Å². The number of rotatable bonds is 4. The normalized spacial score (nSPS) is 22.2. The van der Waals surface area contributed by atoms with E-state index < -0.39 is 11.9 Å². The molecule has 0 bridgehead atoms. The third-order valence-corrected chi connectivity index (χ3v) is 4.07. The molecule has 102 valence electrons. The molecular weight excluding hydrogens is 264 g/mol. The van der Waals surface area contributed by atoms with Gasteiger partial charge in [0.2, 0.25) is 0 Å². The highest BCUT2D eigenvalue weighted by Crippen LogP contribution is 2.26. The van der Waals surface area contributed by atoms with Gasteiger partial charge in [-0.2, -0.15) is 0 Å². The molecule has 1 aromatic heterocycles. The lowest BCUT2D eigenvalue weighted by Crippen LogP contribution is -2.40. The third kappa shape index (κ3) is 3.07. The first kappa shape index (κ1) is 13.9. The van der Waals surface area contributed by atoms with Gasteiger partial charge in [0.15, 0.2) is 0 Å². The van der Waals surface area contributed by atoms with Crippen molar-refractivity contribution in [2.24, 2.45) is 5.92 Å². The molecule has 2 rings (SSSR count). The number of nitrogens with zero attached hydrogens (tertiary/aromatic N) is 1. The Hall–Kier alpha value is -1.56. The first-order chi connectivity index (χ1) is 9.13. The second-order valence-electron chi connectivity index (χ2n) is 4.52. The zero-order valence-electron chi connectivity index (χ0n) is 10.6. The van der Waals surface area contributed by atoms with Crippen LogP contribution in [-0.4, -0.2) is 34.3 Å². The Labute approximate surface area is 115 Å². The number of hydrogen-bond acceptors (Lipinski definition) is 4. The highest BCUT2D eigenvalue weighted by atomic mass is 32.2. The Morgan fingerprint density at radius 2 is 2.26 bits per heavy atom. The second kappa shape index (κ2) is 6.06. The number of amides is 1. The van der Waals surface area contributed by atoms with Crippen molar-refractivity contribution in [3.63, 3.8) is 0 Å². The van der Waals surface area contributed by atoms with Crippen LogP contribution >= 0.6 is 11.8 Å². The van der Waals surface area contributed by atoms with Gasteiger partial charge >= 0.3 is 5.97 Å². The van der Waals surface area contributed by atoms with E-state index in [2.05, 4.69) is 10.3 Å². The topological polar surface area (TPSA) is 79.3 Å². The van der Waals surface area contributed by atoms with Crippen molar-refractivity contribution < 1.29 is 14.7 Å². The fourth-order valence-electron chi connectivity index (χ4n) is 2.40. The van der Waals surface area contributed by atoms with Gasteiger partial charge in [-0.15, -0.1) is 11.8 Å². The highest BCUT2D eigenvalue weighted by Gasteiger charge is 2.34. The SMILES string of the molecule is CSc1ncccc1C(=O)NC1CCCC1C(=O)O. The van der Waals surface area contributed by atoms with Gasteiger partial charge in [0, 0.05) is 12.2 Å². The molecule has 1 saturated carbocycles. The molecule has 1 heterocycles. The van der Waals surface area contributed by atoms with Gasteiger partial charge in [-0.3, -0.25) is 9.59 Å². The molecule has 5 nitrogen and oxygen atoms in total. The second-order valence-corrected chi connectivity index (χ2v) is 5.31. The summed E-state index contributed by atoms with van der Waals surface area (Å²) in [6.07, 6.45) is 5.68. The Bertz CT molecular complexity index is 493. The molecular formula is C13H16N2O3S. The molecule has 1 aliphatic rings. The molecule has 1 aromatic rings. The van der Waals surface area contributed by atoms with Crippen molar-refractivity contribution in [1.82, 2.24) is 10.3 Å². The summed E-state index contributed by atoms with van der Waals surface area (Å²) in [4.78, 5) is 27.4. The fraction of sp³-hybridized carbons (Fsp3) is 0.462. The predicted molar refractivity (Wildman–Crippen MR) is 72.2 cm³/mol. The van der Waals surface area contributed by atoms with Crippen LogP contribution in [0.1, 0.15) is 29.6 Å². The Kier molecular flexibility index (Phi) is 4.42. The number of hydrogen-bond donors (Lipinski definition) is 2. The lowest BCUT2D eigenvalue weighted by atomic mass is 10.0. The quantitative estimate of drug-likeness (QED) is 0.822. The van der Waals surface area contributed by atoms with E-state index in [1.807, 2.05) is 6.26 Å². The van der Waals surface area contributed by atoms with Crippen LogP contribution in [0.15, 0.2) is 23.4 Å². The van der Waals surface area contributed by atoms with Gasteiger partial charge in [-0.1, -0.05) is 6.42 Å². The number of aliphatic carboxylic acids is 1. The van der Waals surface area contributed by atoms with E-state index in [0.717, 1.165) is 12.8 Å². The number of carbonyl (C=O) groups is 2. The molecule has 1 aliphatic carbocycles. The first-order valence-electron chi connectivity index (χ1n) is 6.16. The first-order valence-corrected chi connectivity index (χ1v) is 7.38. The lowest BCUT2D eigenvalue weighted by Gasteiger charge is -2.18. The van der Waals surface area contributed by atoms with E-state index in [1.54, 1.807) is 18.3 Å². The number of carboxylic acids is 1. The molecule has 2 atom stereocenters. The van der Waals surface area contributed by atoms with E-state index in [4.69, 9.17) is 5.11 Å². The van der Waals surface area contributed by atoms with E-state index in [1.165, 1.54) is 11.8 Å². The summed E-state index contributed by atoms with van der Waals surface area (Å²) in [5.74, 6) is -1.55. The number of pyridine rings is 1. The highest BCUT2D eigenvalue weighted by molar-refractivity contribution is 7.98. The molecule has 6 heteroatoms. The monoisotopic (exact) mass is 280 g/mol. The van der Waals surface area contributed by atoms with Crippen LogP contribution in [0.25, 0.3) is 0 Å². The van der Waals surface area contributed by atoms with Crippen LogP contribution < -0.4 is 5.32 Å². The van der Waals surface area contributed by atoms with Gasteiger partial charge in [-0.25, -0.2) is 4.98 Å². The van der Waals surface area contributed by atoms with Crippen LogP contribution in [0.3, 0.4) is 0 Å². The molecule has 0 radical (unpaired) electrons. The van der Waals surface area contributed by atoms with Gasteiger partial charge in [0.1, 0.15) is 5.03 Å². The number of aromatic nitrogens is 1. The minimum Gasteiger partial charge on any atom is -0.481 e. The molecule has 2 unspecified atom stereocenters. The average Bonchev–Trinajstić information content (AvgIpc) is 2.87. The minimum atomic E-state index is -0.834. The molecule has 19 heavy (non-hydrogen) atoms. The Morgan fingerprint density at radius 3 is 2.95 bits per heavy atom. The number of carbonyl (C=O) groups excluding carboxylic acids is 1. The largest absolute Gasteiger partial charge is 0.481 e. The maximum atomic E-state index is 12.2. The standard InChI is InChI=1S/C13H16N2O3S/c1-19-12-9(5-3-7-14-12)11(16)15-10-6-2-4-8(10)13(17)18/h3,5,7-8,10H,2,4,6H2,1H3,(H,15,16)(H,17,18). The smallest absolute Gasteiger partial charge is 0.308 e. The van der Waals surface area contributed by atoms with Crippen molar-refractivity contribution in [3.05, 3.63) is 23.9 Å². The molecule has 0 aromatic carbocycles. The van der Waals surface area contributed by atoms with Crippen LogP contribution in [-0.2, 0) is 4.79 Å². The summed E-state index contributed by atoms with van der Waals surface area (Å²) >= 11 is 1.40. The predicted octanol–water partition coefficient (Wildman–Crippen LogP) is 1.79. The summed E-state index contributed by atoms with van der Waals surface area (Å²) in [7, 11) is 0. The molecule has 1 fully saturated rings. The molecule has 2 N–H and O–H groups in total. The van der Waals surface area contributed by atoms with Crippen LogP contribution in [0.2, 0.25) is 0 Å². The average molecular weight is 280 g/mol. The van der Waals surface area contributed by atoms with E-state index >= 15 is 0 Å². The van der Waals surface area contributed by atoms with E-state index in [0.29, 0.717) is 17.0 Å². The summed E-state index contributed by atoms with van der Waals surface area (Å²) in [5.41, 5.74) is 0.506. The van der Waals surface area contributed by atoms with Crippen molar-refractivity contribution in [2.75, 3.05) is 6.26 Å². The molecule has 0 spiro atoms. The van der Waals surface area contributed by atoms with Gasteiger partial charge in [0.25, 0.3) is 5.91 Å². The number of carboxylic acid groups (broad SMARTS) is 1. The van der Waals surface area contributed by atoms with Crippen molar-refractivity contribution >= 4 is 23.6 Å². The van der Waals surface area contributed by atoms with Gasteiger partial charge < -0.3 is 10.4 Å². The van der Waals surface area contributed by atoms with Crippen LogP contribution in [0.4, 0.5) is 0 Å². The van der Waals surface area contributed by atoms with Gasteiger partial charge in [0.05, 0.1) is 11.5 Å². The zero-order chi connectivity index (χ0) is 13.8. The minimum absolute atomic E-state index is 0.240. The molecule has 1 amide bonds. The lowest BCUT2D eigenvalue weighted by molar-refractivity contribution is -0.142. The maximum Gasteiger partial charge on any atom is 0.308 e. The zero-order valence-corrected chi connectivity index (χ0v) is 11.4. The summed E-state index contributed by atoms with van der Waals surface area (Å²) in [6.45, 7) is 0. The molecule has 0 saturated heterocycles. The summed E-state index contributed by atoms with van der Waals surface area (Å²) < 4.78 is 0. The summed E-state index contributed by atoms with van der Waals surface area (Å²) in [6, 6.07) is 3.14. The Morgan fingerprint density at radius 1 is 1.47 bits per heavy atom. The third-order valence-electron chi connectivity index (χ3n) is 3.36. The fourth-order valence-corrected chi connectivity index (χ4v) is 2.95. The Balaban J connectivity index is 2.10. The van der Waals surface area contributed by atoms with E-state index in [9.17, 15) is 9.59 Å². The van der Waals surface area contributed by atoms with Crippen molar-refractivity contribution in [1.29, 1.82) is 0 Å². The van der Waals surface area contributed by atoms with Crippen molar-refractivity contribution in [2.45, 2.75) is 30.3 Å². The van der Waals surface area contributed by atoms with Crippen LogP contribution in [0.5, 0.6) is 0 Å². The van der Waals surface area contributed by atoms with Crippen molar-refractivity contribution in [3.8, 4) is 0 Å². The number of thioether (sulfide) groups is 1. The summed E-state index contributed by atoms with van der Waals surface area (Å²) in [5, 5.41) is 12.6. The maximum absolute atomic E-state index is 12.2. The van der Waals surface area contributed by atoms with Crippen LogP contribution in [0, 0.1) is 5.92 Å². The molecule has 0 aliphatic heterocycles. The number of nitrogens with one attached hydrogen (secondary N) is 1. The van der Waals surface area contributed by atoms with Gasteiger partial charge in [-0.05, 0) is 31.2 Å².